The molecule has 1 aromatic rings. The Balaban J connectivity index is 1.76. The molecule has 2 bridgehead atoms. The van der Waals surface area contributed by atoms with Crippen molar-refractivity contribution in [2.45, 2.75) is 69.7 Å². The van der Waals surface area contributed by atoms with Crippen molar-refractivity contribution < 1.29 is 14.9 Å². The Bertz CT molecular complexity index is 694. The van der Waals surface area contributed by atoms with E-state index in [1.54, 1.807) is 0 Å². The molecule has 4 atom stereocenters. The van der Waals surface area contributed by atoms with Crippen molar-refractivity contribution in [3.63, 3.8) is 0 Å². The van der Waals surface area contributed by atoms with Crippen LogP contribution in [0.3, 0.4) is 0 Å². The zero-order valence-corrected chi connectivity index (χ0v) is 15.6. The van der Waals surface area contributed by atoms with E-state index in [2.05, 4.69) is 32.9 Å². The first kappa shape index (κ1) is 17.3. The molecule has 0 amide bonds. The minimum atomic E-state index is -0.928. The second kappa shape index (κ2) is 5.42. The van der Waals surface area contributed by atoms with Crippen LogP contribution in [0.15, 0.2) is 42.0 Å². The number of rotatable bonds is 3. The van der Waals surface area contributed by atoms with Crippen LogP contribution in [0.2, 0.25) is 0 Å². The van der Waals surface area contributed by atoms with Crippen LogP contribution < -0.4 is 0 Å². The summed E-state index contributed by atoms with van der Waals surface area (Å²) in [6.45, 7) is 6.56. The number of benzene rings is 1. The number of ether oxygens (including phenoxy) is 1. The normalized spacial score (nSPS) is 42.0. The first-order chi connectivity index (χ1) is 11.7. The van der Waals surface area contributed by atoms with Gasteiger partial charge in [-0.25, -0.2) is 0 Å². The monoisotopic (exact) mass is 342 g/mol. The Morgan fingerprint density at radius 1 is 1.16 bits per heavy atom. The second-order valence-corrected chi connectivity index (χ2v) is 9.30. The van der Waals surface area contributed by atoms with Crippen LogP contribution in [0.1, 0.15) is 52.0 Å². The van der Waals surface area contributed by atoms with Gasteiger partial charge in [-0.1, -0.05) is 37.3 Å². The summed E-state index contributed by atoms with van der Waals surface area (Å²) >= 11 is 0. The summed E-state index contributed by atoms with van der Waals surface area (Å²) in [6, 6.07) is 10.1. The van der Waals surface area contributed by atoms with Crippen molar-refractivity contribution in [2.24, 2.45) is 11.3 Å². The van der Waals surface area contributed by atoms with Gasteiger partial charge in [0.05, 0.1) is 23.4 Å². The maximum Gasteiger partial charge on any atom is 0.0980 e. The first-order valence-electron chi connectivity index (χ1n) is 9.52. The summed E-state index contributed by atoms with van der Waals surface area (Å²) in [4.78, 5) is 0. The largest absolute Gasteiger partial charge is 0.392 e. The fourth-order valence-electron chi connectivity index (χ4n) is 5.90. The zero-order chi connectivity index (χ0) is 17.9. The quantitative estimate of drug-likeness (QED) is 0.825. The molecule has 136 valence electrons. The summed E-state index contributed by atoms with van der Waals surface area (Å²) in [6.07, 6.45) is 6.31. The van der Waals surface area contributed by atoms with E-state index >= 15 is 0 Å². The molecular formula is C22H30O3. The molecule has 0 radical (unpaired) electrons. The highest BCUT2D eigenvalue weighted by atomic mass is 16.5. The molecule has 0 aromatic heterocycles. The van der Waals surface area contributed by atoms with Crippen molar-refractivity contribution in [3.8, 4) is 0 Å². The van der Waals surface area contributed by atoms with Crippen LogP contribution in [0.4, 0.5) is 0 Å². The molecule has 1 spiro atoms. The van der Waals surface area contributed by atoms with Gasteiger partial charge in [0.1, 0.15) is 0 Å². The van der Waals surface area contributed by atoms with Gasteiger partial charge >= 0.3 is 0 Å². The van der Waals surface area contributed by atoms with Gasteiger partial charge in [-0.3, -0.25) is 0 Å². The molecule has 25 heavy (non-hydrogen) atoms. The van der Waals surface area contributed by atoms with Gasteiger partial charge in [0.25, 0.3) is 0 Å². The van der Waals surface area contributed by atoms with Crippen molar-refractivity contribution in [1.29, 1.82) is 0 Å². The fraction of sp³-hybridized carbons (Fsp3) is 0.636. The highest BCUT2D eigenvalue weighted by Gasteiger charge is 2.66. The number of aliphatic hydroxyl groups is 2. The van der Waals surface area contributed by atoms with Gasteiger partial charge in [0.15, 0.2) is 0 Å². The Morgan fingerprint density at radius 3 is 2.56 bits per heavy atom. The third-order valence-corrected chi connectivity index (χ3v) is 7.16. The topological polar surface area (TPSA) is 49.7 Å². The van der Waals surface area contributed by atoms with E-state index in [1.807, 2.05) is 24.3 Å². The van der Waals surface area contributed by atoms with Crippen molar-refractivity contribution in [1.82, 2.24) is 0 Å². The number of fused-ring (bicyclic) bond motifs is 1. The molecule has 3 heteroatoms. The van der Waals surface area contributed by atoms with E-state index in [4.69, 9.17) is 4.74 Å². The summed E-state index contributed by atoms with van der Waals surface area (Å²) in [5, 5.41) is 21.6. The molecule has 1 aliphatic heterocycles. The fourth-order valence-corrected chi connectivity index (χ4v) is 5.90. The van der Waals surface area contributed by atoms with Gasteiger partial charge in [-0.15, -0.1) is 0 Å². The molecule has 1 saturated heterocycles. The molecule has 4 rings (SSSR count). The van der Waals surface area contributed by atoms with Gasteiger partial charge in [-0.2, -0.15) is 0 Å². The smallest absolute Gasteiger partial charge is 0.0980 e. The highest BCUT2D eigenvalue weighted by molar-refractivity contribution is 5.37. The van der Waals surface area contributed by atoms with E-state index < -0.39 is 11.2 Å². The lowest BCUT2D eigenvalue weighted by Gasteiger charge is -2.55. The predicted molar refractivity (Wildman–Crippen MR) is 98.2 cm³/mol. The lowest BCUT2D eigenvalue weighted by molar-refractivity contribution is -0.155. The molecule has 1 aromatic carbocycles. The van der Waals surface area contributed by atoms with Gasteiger partial charge in [0, 0.05) is 11.8 Å². The van der Waals surface area contributed by atoms with Gasteiger partial charge in [-0.05, 0) is 62.7 Å². The van der Waals surface area contributed by atoms with E-state index in [0.29, 0.717) is 18.8 Å². The Hall–Kier alpha value is -1.16. The number of aliphatic hydroxyl groups excluding tert-OH is 1. The molecule has 2 fully saturated rings. The maximum atomic E-state index is 11.4. The van der Waals surface area contributed by atoms with Crippen LogP contribution in [0.25, 0.3) is 0 Å². The Labute approximate surface area is 150 Å². The van der Waals surface area contributed by atoms with E-state index in [-0.39, 0.29) is 17.6 Å². The lowest BCUT2D eigenvalue weighted by Crippen LogP contribution is -2.58. The van der Waals surface area contributed by atoms with Gasteiger partial charge in [0.2, 0.25) is 0 Å². The van der Waals surface area contributed by atoms with Crippen molar-refractivity contribution in [3.05, 3.63) is 47.5 Å². The summed E-state index contributed by atoms with van der Waals surface area (Å²) in [5.41, 5.74) is 0.350. The minimum Gasteiger partial charge on any atom is -0.392 e. The summed E-state index contributed by atoms with van der Waals surface area (Å²) < 4.78 is 6.67. The molecular weight excluding hydrogens is 312 g/mol. The molecule has 1 heterocycles. The molecule has 3 nitrogen and oxygen atoms in total. The molecule has 3 aliphatic rings. The average molecular weight is 342 g/mol. The second-order valence-electron chi connectivity index (χ2n) is 9.30. The van der Waals surface area contributed by atoms with E-state index in [0.717, 1.165) is 30.4 Å². The third kappa shape index (κ3) is 2.51. The van der Waals surface area contributed by atoms with E-state index in [1.165, 1.54) is 0 Å². The van der Waals surface area contributed by atoms with Crippen LogP contribution in [0, 0.1) is 11.3 Å². The van der Waals surface area contributed by atoms with Crippen LogP contribution in [-0.4, -0.2) is 33.6 Å². The molecule has 2 aliphatic carbocycles. The highest BCUT2D eigenvalue weighted by Crippen LogP contribution is 2.65. The SMILES string of the molecule is CC1(C)OC23CC1CC[C@]2(C)C[C@](O)(Cc1ccccc1)C=C3CO. The average Bonchev–Trinajstić information content (AvgIpc) is 2.78. The van der Waals surface area contributed by atoms with Crippen LogP contribution in [-0.2, 0) is 11.2 Å². The van der Waals surface area contributed by atoms with Crippen LogP contribution >= 0.6 is 0 Å². The Morgan fingerprint density at radius 2 is 1.88 bits per heavy atom. The van der Waals surface area contributed by atoms with Crippen LogP contribution in [0.5, 0.6) is 0 Å². The van der Waals surface area contributed by atoms with Crippen molar-refractivity contribution >= 4 is 0 Å². The summed E-state index contributed by atoms with van der Waals surface area (Å²) in [7, 11) is 0. The van der Waals surface area contributed by atoms with Crippen molar-refractivity contribution in [2.75, 3.05) is 6.61 Å². The van der Waals surface area contributed by atoms with E-state index in [9.17, 15) is 10.2 Å². The molecule has 1 saturated carbocycles. The summed E-state index contributed by atoms with van der Waals surface area (Å²) in [5.74, 6) is 0.524. The minimum absolute atomic E-state index is 0.0461. The zero-order valence-electron chi connectivity index (χ0n) is 15.6. The first-order valence-corrected chi connectivity index (χ1v) is 9.52. The predicted octanol–water partition coefficient (Wildman–Crippen LogP) is 3.64. The molecule has 2 unspecified atom stereocenters. The number of hydrogen-bond acceptors (Lipinski definition) is 3. The maximum absolute atomic E-state index is 11.4. The number of hydrogen-bond donors (Lipinski definition) is 2. The third-order valence-electron chi connectivity index (χ3n) is 7.16. The lowest BCUT2D eigenvalue weighted by atomic mass is 9.52. The molecule has 2 N–H and O–H groups in total. The standard InChI is InChI=1S/C22H30O3/c1-19(2)17-9-10-20(3)15-21(24,11-16-7-5-4-6-8-16)12-18(14-23)22(20,13-17)25-19/h4-8,12,17,23-24H,9-11,13-15H2,1-3H3/t17?,20-,21+,22?/m1/s1. The Kier molecular flexibility index (Phi) is 3.74. The van der Waals surface area contributed by atoms with Gasteiger partial charge < -0.3 is 14.9 Å².